The van der Waals surface area contributed by atoms with Crippen molar-refractivity contribution in [3.63, 3.8) is 0 Å². The largest absolute Gasteiger partial charge is 0.492 e. The van der Waals surface area contributed by atoms with Gasteiger partial charge in [-0.25, -0.2) is 8.42 Å². The maximum Gasteiger partial charge on any atom is 0.416 e. The third kappa shape index (κ3) is 6.44. The van der Waals surface area contributed by atoms with E-state index in [0.717, 1.165) is 28.5 Å². The van der Waals surface area contributed by atoms with Gasteiger partial charge in [0, 0.05) is 0 Å². The van der Waals surface area contributed by atoms with E-state index in [0.29, 0.717) is 16.1 Å². The molecule has 0 bridgehead atoms. The predicted octanol–water partition coefficient (Wildman–Crippen LogP) is 5.56. The molecule has 0 unspecified atom stereocenters. The summed E-state index contributed by atoms with van der Waals surface area (Å²) in [5, 5.41) is 4.62. The Balaban J connectivity index is 1.48. The first-order valence-electron chi connectivity index (χ1n) is 11.7. The monoisotopic (exact) mass is 542 g/mol. The summed E-state index contributed by atoms with van der Waals surface area (Å²) in [6.45, 7) is 1.23. The lowest BCUT2D eigenvalue weighted by Crippen LogP contribution is -2.42. The van der Waals surface area contributed by atoms with Gasteiger partial charge in [0.05, 0.1) is 22.7 Å². The van der Waals surface area contributed by atoms with Gasteiger partial charge in [-0.1, -0.05) is 54.1 Å². The second-order valence-corrected chi connectivity index (χ2v) is 10.4. The molecule has 10 heteroatoms. The van der Waals surface area contributed by atoms with E-state index in [4.69, 9.17) is 4.74 Å². The molecular weight excluding hydrogens is 517 g/mol. The van der Waals surface area contributed by atoms with Crippen LogP contribution in [0.1, 0.15) is 11.1 Å². The van der Waals surface area contributed by atoms with Crippen molar-refractivity contribution < 1.29 is 31.1 Å². The first-order chi connectivity index (χ1) is 18.0. The minimum absolute atomic E-state index is 0.0622. The van der Waals surface area contributed by atoms with E-state index in [1.165, 1.54) is 18.2 Å². The van der Waals surface area contributed by atoms with Gasteiger partial charge in [0.1, 0.15) is 18.9 Å². The number of halogens is 3. The maximum absolute atomic E-state index is 13.4. The average Bonchev–Trinajstić information content (AvgIpc) is 2.89. The van der Waals surface area contributed by atoms with E-state index < -0.39 is 34.2 Å². The minimum Gasteiger partial charge on any atom is -0.492 e. The van der Waals surface area contributed by atoms with Gasteiger partial charge >= 0.3 is 6.18 Å². The van der Waals surface area contributed by atoms with Gasteiger partial charge in [-0.2, -0.15) is 13.2 Å². The molecule has 198 valence electrons. The number of alkyl halides is 3. The molecule has 0 radical (unpaired) electrons. The first kappa shape index (κ1) is 27.0. The van der Waals surface area contributed by atoms with Crippen LogP contribution in [0.3, 0.4) is 0 Å². The molecule has 4 rings (SSSR count). The van der Waals surface area contributed by atoms with Crippen LogP contribution in [-0.2, 0) is 21.0 Å². The number of nitrogens with one attached hydrogen (secondary N) is 1. The van der Waals surface area contributed by atoms with Gasteiger partial charge in [-0.05, 0) is 60.2 Å². The highest BCUT2D eigenvalue weighted by Crippen LogP contribution is 2.33. The van der Waals surface area contributed by atoms with Gasteiger partial charge in [-0.3, -0.25) is 9.10 Å². The molecule has 1 amide bonds. The van der Waals surface area contributed by atoms with Crippen LogP contribution < -0.4 is 14.4 Å². The quantitative estimate of drug-likeness (QED) is 0.281. The summed E-state index contributed by atoms with van der Waals surface area (Å²) in [7, 11) is -4.35. The molecule has 0 spiro atoms. The number of hydrogen-bond acceptors (Lipinski definition) is 4. The lowest BCUT2D eigenvalue weighted by Gasteiger charge is -2.25. The number of aryl methyl sites for hydroxylation is 1. The number of hydrogen-bond donors (Lipinski definition) is 1. The number of ether oxygens (including phenoxy) is 1. The Morgan fingerprint density at radius 1 is 0.895 bits per heavy atom. The molecule has 0 aliphatic carbocycles. The van der Waals surface area contributed by atoms with E-state index in [1.54, 1.807) is 25.1 Å². The molecule has 4 aromatic carbocycles. The van der Waals surface area contributed by atoms with Crippen LogP contribution in [0.15, 0.2) is 95.9 Å². The van der Waals surface area contributed by atoms with Gasteiger partial charge in [0.25, 0.3) is 10.0 Å². The third-order valence-corrected chi connectivity index (χ3v) is 7.56. The molecule has 0 atom stereocenters. The molecule has 38 heavy (non-hydrogen) atoms. The summed E-state index contributed by atoms with van der Waals surface area (Å²) in [6.07, 6.45) is -4.68. The smallest absolute Gasteiger partial charge is 0.416 e. The molecule has 0 saturated carbocycles. The fourth-order valence-corrected chi connectivity index (χ4v) is 5.21. The summed E-state index contributed by atoms with van der Waals surface area (Å²) >= 11 is 0. The lowest BCUT2D eigenvalue weighted by atomic mass is 10.1. The summed E-state index contributed by atoms with van der Waals surface area (Å²) < 4.78 is 73.1. The maximum atomic E-state index is 13.4. The number of sulfonamides is 1. The second-order valence-electron chi connectivity index (χ2n) is 8.58. The number of fused-ring (bicyclic) bond motifs is 1. The average molecular weight is 543 g/mol. The fourth-order valence-electron chi connectivity index (χ4n) is 3.79. The van der Waals surface area contributed by atoms with Crippen LogP contribution >= 0.6 is 0 Å². The van der Waals surface area contributed by atoms with Crippen molar-refractivity contribution in [2.45, 2.75) is 18.0 Å². The summed E-state index contributed by atoms with van der Waals surface area (Å²) in [6, 6.07) is 23.0. The topological polar surface area (TPSA) is 75.7 Å². The zero-order valence-corrected chi connectivity index (χ0v) is 21.2. The molecule has 6 nitrogen and oxygen atoms in total. The van der Waals surface area contributed by atoms with Crippen LogP contribution in [0, 0.1) is 6.92 Å². The molecule has 0 aliphatic heterocycles. The fraction of sp³-hybridized carbons (Fsp3) is 0.179. The minimum atomic E-state index is -4.68. The third-order valence-electron chi connectivity index (χ3n) is 5.77. The van der Waals surface area contributed by atoms with Crippen LogP contribution in [0.25, 0.3) is 10.8 Å². The Morgan fingerprint density at radius 2 is 1.61 bits per heavy atom. The van der Waals surface area contributed by atoms with Crippen molar-refractivity contribution in [3.8, 4) is 5.75 Å². The van der Waals surface area contributed by atoms with Crippen molar-refractivity contribution in [1.82, 2.24) is 5.32 Å². The van der Waals surface area contributed by atoms with Crippen LogP contribution in [0.2, 0.25) is 0 Å². The van der Waals surface area contributed by atoms with E-state index in [-0.39, 0.29) is 23.7 Å². The highest BCUT2D eigenvalue weighted by Gasteiger charge is 2.33. The second kappa shape index (κ2) is 11.1. The van der Waals surface area contributed by atoms with Crippen molar-refractivity contribution in [2.24, 2.45) is 0 Å². The van der Waals surface area contributed by atoms with Crippen molar-refractivity contribution in [2.75, 3.05) is 24.0 Å². The number of carbonyl (C=O) groups is 1. The van der Waals surface area contributed by atoms with Crippen LogP contribution in [0.5, 0.6) is 5.75 Å². The summed E-state index contributed by atoms with van der Waals surface area (Å²) in [5.74, 6) is -0.0919. The van der Waals surface area contributed by atoms with Crippen LogP contribution in [-0.4, -0.2) is 34.0 Å². The molecule has 0 fully saturated rings. The molecular formula is C28H25F3N2O4S. The molecule has 0 saturated heterocycles. The SMILES string of the molecule is Cc1ccc(S(=O)(=O)N(CC(=O)NCCOc2ccc3ccccc3c2)c2cccc(C(F)(F)F)c2)cc1. The molecule has 1 N–H and O–H groups in total. The summed E-state index contributed by atoms with van der Waals surface area (Å²) in [5.41, 5.74) is -0.495. The van der Waals surface area contributed by atoms with Crippen molar-refractivity contribution in [1.29, 1.82) is 0 Å². The Kier molecular flexibility index (Phi) is 7.91. The molecule has 0 aromatic heterocycles. The Bertz CT molecular complexity index is 1540. The highest BCUT2D eigenvalue weighted by atomic mass is 32.2. The Morgan fingerprint density at radius 3 is 2.32 bits per heavy atom. The van der Waals surface area contributed by atoms with Crippen molar-refractivity contribution in [3.05, 3.63) is 102 Å². The Labute approximate surface area is 218 Å². The summed E-state index contributed by atoms with van der Waals surface area (Å²) in [4.78, 5) is 12.6. The number of nitrogens with zero attached hydrogens (tertiary/aromatic N) is 1. The standard InChI is InChI=1S/C28H25F3N2O4S/c1-20-9-13-26(14-10-20)38(35,36)33(24-8-4-7-23(18-24)28(29,30)31)19-27(34)32-15-16-37-25-12-11-21-5-2-3-6-22(21)17-25/h2-14,17-18H,15-16,19H2,1H3,(H,32,34). The predicted molar refractivity (Wildman–Crippen MR) is 140 cm³/mol. The van der Waals surface area contributed by atoms with E-state index in [9.17, 15) is 26.4 Å². The zero-order valence-electron chi connectivity index (χ0n) is 20.4. The number of anilines is 1. The molecule has 0 aliphatic rings. The van der Waals surface area contributed by atoms with Crippen molar-refractivity contribution >= 4 is 32.4 Å². The van der Waals surface area contributed by atoms with Gasteiger partial charge in [-0.15, -0.1) is 0 Å². The van der Waals surface area contributed by atoms with E-state index in [1.807, 2.05) is 36.4 Å². The van der Waals surface area contributed by atoms with Crippen LogP contribution in [0.4, 0.5) is 18.9 Å². The first-order valence-corrected chi connectivity index (χ1v) is 13.1. The van der Waals surface area contributed by atoms with E-state index in [2.05, 4.69) is 5.32 Å². The highest BCUT2D eigenvalue weighted by molar-refractivity contribution is 7.92. The lowest BCUT2D eigenvalue weighted by molar-refractivity contribution is -0.137. The number of amides is 1. The zero-order chi connectivity index (χ0) is 27.3. The molecule has 4 aromatic rings. The van der Waals surface area contributed by atoms with Gasteiger partial charge in [0.15, 0.2) is 0 Å². The number of carbonyl (C=O) groups excluding carboxylic acids is 1. The number of rotatable bonds is 9. The normalized spacial score (nSPS) is 11.8. The molecule has 0 heterocycles. The van der Waals surface area contributed by atoms with Gasteiger partial charge in [0.2, 0.25) is 5.91 Å². The van der Waals surface area contributed by atoms with Gasteiger partial charge < -0.3 is 10.1 Å². The Hall–Kier alpha value is -4.05. The number of benzene rings is 4. The van der Waals surface area contributed by atoms with E-state index >= 15 is 0 Å².